The Morgan fingerprint density at radius 2 is 1.88 bits per heavy atom. The van der Waals surface area contributed by atoms with Crippen LogP contribution in [0.1, 0.15) is 20.3 Å². The van der Waals surface area contributed by atoms with Crippen LogP contribution in [0.15, 0.2) is 29.2 Å². The monoisotopic (exact) mass is 257 g/mol. The molecule has 1 aromatic carbocycles. The maximum absolute atomic E-state index is 12.1. The molecule has 96 valence electrons. The highest BCUT2D eigenvalue weighted by molar-refractivity contribution is 7.92. The van der Waals surface area contributed by atoms with Crippen molar-refractivity contribution >= 4 is 9.84 Å². The molecule has 1 aromatic rings. The van der Waals surface area contributed by atoms with Gasteiger partial charge in [-0.1, -0.05) is 0 Å². The Balaban J connectivity index is 2.92. The first kappa shape index (κ1) is 14.0. The second kappa shape index (κ2) is 6.02. The molecule has 0 aliphatic rings. The van der Waals surface area contributed by atoms with E-state index in [1.54, 1.807) is 31.2 Å². The van der Waals surface area contributed by atoms with E-state index in [0.717, 1.165) is 0 Å². The molecular formula is C12H19NO3S. The summed E-state index contributed by atoms with van der Waals surface area (Å²) in [6.45, 7) is 4.50. The lowest BCUT2D eigenvalue weighted by molar-refractivity contribution is 0.340. The molecule has 0 spiro atoms. The fourth-order valence-electron chi connectivity index (χ4n) is 1.51. The van der Waals surface area contributed by atoms with Crippen molar-refractivity contribution in [3.05, 3.63) is 24.3 Å². The van der Waals surface area contributed by atoms with Crippen molar-refractivity contribution in [1.29, 1.82) is 0 Å². The van der Waals surface area contributed by atoms with E-state index in [1.165, 1.54) is 0 Å². The minimum atomic E-state index is -3.27. The summed E-state index contributed by atoms with van der Waals surface area (Å²) in [5.74, 6) is 0.679. The highest BCUT2D eigenvalue weighted by atomic mass is 32.2. The van der Waals surface area contributed by atoms with Crippen molar-refractivity contribution in [1.82, 2.24) is 0 Å². The first-order valence-corrected chi connectivity index (χ1v) is 7.23. The van der Waals surface area contributed by atoms with Gasteiger partial charge in [0.1, 0.15) is 5.75 Å². The zero-order valence-electron chi connectivity index (χ0n) is 10.2. The van der Waals surface area contributed by atoms with Gasteiger partial charge in [-0.15, -0.1) is 0 Å². The molecular weight excluding hydrogens is 238 g/mol. The largest absolute Gasteiger partial charge is 0.494 e. The zero-order valence-corrected chi connectivity index (χ0v) is 11.0. The lowest BCUT2D eigenvalue weighted by Gasteiger charge is -2.12. The van der Waals surface area contributed by atoms with Crippen LogP contribution in [0.4, 0.5) is 0 Å². The Kier molecular flexibility index (Phi) is 4.96. The molecule has 1 unspecified atom stereocenters. The van der Waals surface area contributed by atoms with Gasteiger partial charge < -0.3 is 10.5 Å². The molecule has 5 heteroatoms. The Labute approximate surface area is 103 Å². The molecule has 0 heterocycles. The SMILES string of the molecule is CCOc1ccc(S(=O)(=O)C(C)CCN)cc1. The third kappa shape index (κ3) is 3.44. The number of benzene rings is 1. The smallest absolute Gasteiger partial charge is 0.181 e. The number of nitrogens with two attached hydrogens (primary N) is 1. The van der Waals surface area contributed by atoms with Gasteiger partial charge in [-0.3, -0.25) is 0 Å². The third-order valence-corrected chi connectivity index (χ3v) is 4.79. The molecule has 4 nitrogen and oxygen atoms in total. The summed E-state index contributed by atoms with van der Waals surface area (Å²) in [5.41, 5.74) is 5.38. The number of sulfone groups is 1. The summed E-state index contributed by atoms with van der Waals surface area (Å²) in [6.07, 6.45) is 0.468. The molecule has 0 bridgehead atoms. The minimum Gasteiger partial charge on any atom is -0.494 e. The standard InChI is InChI=1S/C12H19NO3S/c1-3-16-11-4-6-12(7-5-11)17(14,15)10(2)8-9-13/h4-7,10H,3,8-9,13H2,1-2H3. The van der Waals surface area contributed by atoms with Gasteiger partial charge in [0, 0.05) is 0 Å². The van der Waals surface area contributed by atoms with E-state index in [2.05, 4.69) is 0 Å². The normalized spacial score (nSPS) is 13.4. The topological polar surface area (TPSA) is 69.4 Å². The molecule has 0 radical (unpaired) electrons. The quantitative estimate of drug-likeness (QED) is 0.840. The van der Waals surface area contributed by atoms with Crippen molar-refractivity contribution in [2.24, 2.45) is 5.73 Å². The van der Waals surface area contributed by atoms with Gasteiger partial charge in [0.05, 0.1) is 16.8 Å². The summed E-state index contributed by atoms with van der Waals surface area (Å²) >= 11 is 0. The van der Waals surface area contributed by atoms with E-state index in [1.807, 2.05) is 6.92 Å². The van der Waals surface area contributed by atoms with E-state index in [4.69, 9.17) is 10.5 Å². The number of ether oxygens (including phenoxy) is 1. The van der Waals surface area contributed by atoms with E-state index in [0.29, 0.717) is 30.2 Å². The van der Waals surface area contributed by atoms with Gasteiger partial charge in [-0.2, -0.15) is 0 Å². The number of hydrogen-bond acceptors (Lipinski definition) is 4. The van der Waals surface area contributed by atoms with Gasteiger partial charge in [-0.05, 0) is 51.1 Å². The van der Waals surface area contributed by atoms with Crippen LogP contribution in [-0.2, 0) is 9.84 Å². The first-order valence-electron chi connectivity index (χ1n) is 5.69. The Morgan fingerprint density at radius 1 is 1.29 bits per heavy atom. The van der Waals surface area contributed by atoms with Crippen molar-refractivity contribution in [3.8, 4) is 5.75 Å². The summed E-state index contributed by atoms with van der Waals surface area (Å²) in [5, 5.41) is -0.453. The molecule has 0 aliphatic carbocycles. The molecule has 0 fully saturated rings. The average molecular weight is 257 g/mol. The number of rotatable bonds is 6. The van der Waals surface area contributed by atoms with Gasteiger partial charge in [0.2, 0.25) is 0 Å². The van der Waals surface area contributed by atoms with E-state index in [9.17, 15) is 8.42 Å². The van der Waals surface area contributed by atoms with Crippen LogP contribution < -0.4 is 10.5 Å². The van der Waals surface area contributed by atoms with Gasteiger partial charge in [0.15, 0.2) is 9.84 Å². The molecule has 0 amide bonds. The van der Waals surface area contributed by atoms with Gasteiger partial charge in [0.25, 0.3) is 0 Å². The van der Waals surface area contributed by atoms with Crippen LogP contribution in [0.3, 0.4) is 0 Å². The Hall–Kier alpha value is -1.07. The second-order valence-electron chi connectivity index (χ2n) is 3.84. The zero-order chi connectivity index (χ0) is 12.9. The lowest BCUT2D eigenvalue weighted by Crippen LogP contribution is -2.21. The molecule has 0 aromatic heterocycles. The van der Waals surface area contributed by atoms with Crippen LogP contribution >= 0.6 is 0 Å². The predicted octanol–water partition coefficient (Wildman–Crippen LogP) is 1.60. The van der Waals surface area contributed by atoms with Crippen molar-refractivity contribution in [2.75, 3.05) is 13.2 Å². The van der Waals surface area contributed by atoms with Crippen molar-refractivity contribution in [2.45, 2.75) is 30.4 Å². The molecule has 1 rings (SSSR count). The molecule has 0 saturated carbocycles. The highest BCUT2D eigenvalue weighted by Gasteiger charge is 2.22. The van der Waals surface area contributed by atoms with Crippen LogP contribution in [0.25, 0.3) is 0 Å². The average Bonchev–Trinajstić information content (AvgIpc) is 2.30. The fraction of sp³-hybridized carbons (Fsp3) is 0.500. The maximum Gasteiger partial charge on any atom is 0.181 e. The van der Waals surface area contributed by atoms with Crippen LogP contribution in [-0.4, -0.2) is 26.8 Å². The minimum absolute atomic E-state index is 0.321. The summed E-state index contributed by atoms with van der Waals surface area (Å²) in [6, 6.07) is 6.50. The maximum atomic E-state index is 12.1. The van der Waals surface area contributed by atoms with Crippen LogP contribution in [0, 0.1) is 0 Å². The highest BCUT2D eigenvalue weighted by Crippen LogP contribution is 2.21. The summed E-state index contributed by atoms with van der Waals surface area (Å²) < 4.78 is 29.5. The summed E-state index contributed by atoms with van der Waals surface area (Å²) in [4.78, 5) is 0.321. The molecule has 0 saturated heterocycles. The van der Waals surface area contributed by atoms with Crippen LogP contribution in [0.2, 0.25) is 0 Å². The van der Waals surface area contributed by atoms with Crippen molar-refractivity contribution < 1.29 is 13.2 Å². The van der Waals surface area contributed by atoms with Gasteiger partial charge >= 0.3 is 0 Å². The van der Waals surface area contributed by atoms with Gasteiger partial charge in [-0.25, -0.2) is 8.42 Å². The van der Waals surface area contributed by atoms with Crippen LogP contribution in [0.5, 0.6) is 5.75 Å². The first-order chi connectivity index (χ1) is 8.02. The van der Waals surface area contributed by atoms with E-state index in [-0.39, 0.29) is 0 Å². The Morgan fingerprint density at radius 3 is 2.35 bits per heavy atom. The van der Waals surface area contributed by atoms with E-state index < -0.39 is 15.1 Å². The number of hydrogen-bond donors (Lipinski definition) is 1. The van der Waals surface area contributed by atoms with Crippen molar-refractivity contribution in [3.63, 3.8) is 0 Å². The fourth-order valence-corrected chi connectivity index (χ4v) is 2.94. The lowest BCUT2D eigenvalue weighted by atomic mass is 10.3. The Bertz CT molecular complexity index is 439. The predicted molar refractivity (Wildman–Crippen MR) is 67.9 cm³/mol. The summed E-state index contributed by atoms with van der Waals surface area (Å²) in [7, 11) is -3.27. The molecule has 0 aliphatic heterocycles. The van der Waals surface area contributed by atoms with E-state index >= 15 is 0 Å². The second-order valence-corrected chi connectivity index (χ2v) is 6.20. The molecule has 17 heavy (non-hydrogen) atoms. The third-order valence-electron chi connectivity index (χ3n) is 2.57. The molecule has 2 N–H and O–H groups in total. The molecule has 1 atom stereocenters.